The molecule has 0 spiro atoms. The smallest absolute Gasteiger partial charge is 0.122 e. The number of benzene rings is 1. The summed E-state index contributed by atoms with van der Waals surface area (Å²) in [5.74, 6) is 1.48. The summed E-state index contributed by atoms with van der Waals surface area (Å²) in [6.07, 6.45) is 6.73. The minimum atomic E-state index is 0.483. The second-order valence-electron chi connectivity index (χ2n) is 3.66. The molecule has 1 rings (SSSR count). The van der Waals surface area contributed by atoms with E-state index in [1.807, 2.05) is 12.1 Å². The van der Waals surface area contributed by atoms with Crippen molar-refractivity contribution in [2.45, 2.75) is 32.6 Å². The van der Waals surface area contributed by atoms with Crippen LogP contribution in [0.4, 0.5) is 0 Å². The fourth-order valence-electron chi connectivity index (χ4n) is 1.87. The van der Waals surface area contributed by atoms with Crippen LogP contribution in [-0.4, -0.2) is 7.11 Å². The van der Waals surface area contributed by atoms with Crippen LogP contribution in [0.25, 0.3) is 0 Å². The third kappa shape index (κ3) is 3.12. The lowest BCUT2D eigenvalue weighted by Gasteiger charge is -2.15. The van der Waals surface area contributed by atoms with Gasteiger partial charge in [0.05, 0.1) is 7.11 Å². The van der Waals surface area contributed by atoms with Crippen molar-refractivity contribution >= 4 is 0 Å². The first-order chi connectivity index (χ1) is 7.33. The van der Waals surface area contributed by atoms with Crippen LogP contribution in [-0.2, 0) is 0 Å². The first kappa shape index (κ1) is 11.8. The first-order valence-corrected chi connectivity index (χ1v) is 5.59. The molecule has 1 heteroatoms. The van der Waals surface area contributed by atoms with Gasteiger partial charge in [0.15, 0.2) is 0 Å². The van der Waals surface area contributed by atoms with Crippen molar-refractivity contribution in [3.05, 3.63) is 42.0 Å². The number of para-hydroxylation sites is 1. The molecule has 0 fully saturated rings. The van der Waals surface area contributed by atoms with Gasteiger partial charge in [0.1, 0.15) is 5.75 Å². The van der Waals surface area contributed by atoms with Gasteiger partial charge in [-0.1, -0.05) is 43.7 Å². The highest BCUT2D eigenvalue weighted by molar-refractivity contribution is 5.38. The summed E-state index contributed by atoms with van der Waals surface area (Å²) in [7, 11) is 1.73. The van der Waals surface area contributed by atoms with Crippen LogP contribution in [0, 0.1) is 0 Å². The number of rotatable bonds is 5. The zero-order valence-corrected chi connectivity index (χ0v) is 9.86. The van der Waals surface area contributed by atoms with Crippen molar-refractivity contribution in [1.29, 1.82) is 0 Å². The Morgan fingerprint density at radius 2 is 2.07 bits per heavy atom. The van der Waals surface area contributed by atoms with Crippen molar-refractivity contribution in [2.75, 3.05) is 7.11 Å². The van der Waals surface area contributed by atoms with Gasteiger partial charge < -0.3 is 4.74 Å². The van der Waals surface area contributed by atoms with E-state index in [-0.39, 0.29) is 0 Å². The van der Waals surface area contributed by atoms with E-state index in [0.717, 1.165) is 5.75 Å². The lowest BCUT2D eigenvalue weighted by Crippen LogP contribution is -1.98. The highest BCUT2D eigenvalue weighted by Gasteiger charge is 2.11. The van der Waals surface area contributed by atoms with Gasteiger partial charge in [0.25, 0.3) is 0 Å². The Balaban J connectivity index is 2.98. The molecule has 0 aromatic heterocycles. The molecule has 1 unspecified atom stereocenters. The van der Waals surface area contributed by atoms with Crippen molar-refractivity contribution in [3.8, 4) is 5.75 Å². The van der Waals surface area contributed by atoms with Gasteiger partial charge in [0, 0.05) is 11.5 Å². The molecule has 1 nitrogen and oxygen atoms in total. The molecule has 0 aliphatic rings. The Hall–Kier alpha value is -1.24. The Kier molecular flexibility index (Phi) is 4.96. The predicted octanol–water partition coefficient (Wildman–Crippen LogP) is 4.16. The van der Waals surface area contributed by atoms with Gasteiger partial charge in [-0.25, -0.2) is 0 Å². The van der Waals surface area contributed by atoms with Crippen LogP contribution in [0.15, 0.2) is 36.4 Å². The third-order valence-electron chi connectivity index (χ3n) is 2.56. The summed E-state index contributed by atoms with van der Waals surface area (Å²) in [5, 5.41) is 0. The molecular formula is C14H20O. The van der Waals surface area contributed by atoms with Crippen molar-refractivity contribution in [1.82, 2.24) is 0 Å². The van der Waals surface area contributed by atoms with Gasteiger partial charge in [-0.2, -0.15) is 0 Å². The normalized spacial score (nSPS) is 13.0. The molecule has 0 saturated heterocycles. The molecule has 82 valence electrons. The Bertz CT molecular complexity index is 315. The quantitative estimate of drug-likeness (QED) is 0.654. The molecule has 0 bridgehead atoms. The fourth-order valence-corrected chi connectivity index (χ4v) is 1.87. The molecule has 0 saturated carbocycles. The second kappa shape index (κ2) is 6.28. The van der Waals surface area contributed by atoms with Crippen LogP contribution in [0.3, 0.4) is 0 Å². The van der Waals surface area contributed by atoms with Crippen LogP contribution in [0.5, 0.6) is 5.75 Å². The highest BCUT2D eigenvalue weighted by Crippen LogP contribution is 2.30. The first-order valence-electron chi connectivity index (χ1n) is 5.59. The third-order valence-corrected chi connectivity index (χ3v) is 2.56. The molecule has 0 N–H and O–H groups in total. The predicted molar refractivity (Wildman–Crippen MR) is 65.5 cm³/mol. The van der Waals surface area contributed by atoms with Crippen molar-refractivity contribution in [3.63, 3.8) is 0 Å². The molecule has 0 radical (unpaired) electrons. The summed E-state index contributed by atoms with van der Waals surface area (Å²) in [6, 6.07) is 8.27. The van der Waals surface area contributed by atoms with Crippen molar-refractivity contribution < 1.29 is 4.74 Å². The zero-order chi connectivity index (χ0) is 11.1. The number of allylic oxidation sites excluding steroid dienone is 2. The number of methoxy groups -OCH3 is 1. The van der Waals surface area contributed by atoms with E-state index in [9.17, 15) is 0 Å². The van der Waals surface area contributed by atoms with E-state index >= 15 is 0 Å². The van der Waals surface area contributed by atoms with Crippen molar-refractivity contribution in [2.24, 2.45) is 0 Å². The van der Waals surface area contributed by atoms with E-state index in [0.29, 0.717) is 5.92 Å². The maximum absolute atomic E-state index is 5.39. The molecule has 1 aromatic rings. The summed E-state index contributed by atoms with van der Waals surface area (Å²) in [5.41, 5.74) is 1.29. The van der Waals surface area contributed by atoms with Gasteiger partial charge in [-0.05, 0) is 19.4 Å². The van der Waals surface area contributed by atoms with E-state index in [1.54, 1.807) is 7.11 Å². The van der Waals surface area contributed by atoms with Gasteiger partial charge >= 0.3 is 0 Å². The minimum Gasteiger partial charge on any atom is -0.496 e. The van der Waals surface area contributed by atoms with Gasteiger partial charge in [0.2, 0.25) is 0 Å². The van der Waals surface area contributed by atoms with Crippen LogP contribution in [0.2, 0.25) is 0 Å². The van der Waals surface area contributed by atoms with Gasteiger partial charge in [-0.15, -0.1) is 0 Å². The summed E-state index contributed by atoms with van der Waals surface area (Å²) in [4.78, 5) is 0. The molecule has 1 aromatic carbocycles. The molecule has 0 amide bonds. The Labute approximate surface area is 92.8 Å². The Morgan fingerprint density at radius 3 is 2.67 bits per heavy atom. The Morgan fingerprint density at radius 1 is 1.33 bits per heavy atom. The van der Waals surface area contributed by atoms with Crippen LogP contribution >= 0.6 is 0 Å². The van der Waals surface area contributed by atoms with E-state index in [2.05, 4.69) is 38.1 Å². The number of hydrogen-bond acceptors (Lipinski definition) is 1. The highest BCUT2D eigenvalue weighted by atomic mass is 16.5. The molecular weight excluding hydrogens is 184 g/mol. The summed E-state index contributed by atoms with van der Waals surface area (Å²) >= 11 is 0. The fraction of sp³-hybridized carbons (Fsp3) is 0.429. The molecule has 0 heterocycles. The van der Waals surface area contributed by atoms with Crippen LogP contribution in [0.1, 0.15) is 38.2 Å². The lowest BCUT2D eigenvalue weighted by atomic mass is 9.93. The van der Waals surface area contributed by atoms with E-state index in [4.69, 9.17) is 4.74 Å². The van der Waals surface area contributed by atoms with Crippen LogP contribution < -0.4 is 4.74 Å². The monoisotopic (exact) mass is 204 g/mol. The maximum Gasteiger partial charge on any atom is 0.122 e. The SMILES string of the molecule is C/C=C/C(CCC)c1ccccc1OC. The zero-order valence-electron chi connectivity index (χ0n) is 9.86. The second-order valence-corrected chi connectivity index (χ2v) is 3.66. The molecule has 1 atom stereocenters. The average molecular weight is 204 g/mol. The molecule has 0 aliphatic heterocycles. The average Bonchev–Trinajstić information content (AvgIpc) is 2.29. The van der Waals surface area contributed by atoms with E-state index in [1.165, 1.54) is 18.4 Å². The number of ether oxygens (including phenoxy) is 1. The standard InChI is InChI=1S/C14H20O/c1-4-8-12(9-5-2)13-10-6-7-11-14(13)15-3/h4,6-8,10-12H,5,9H2,1-3H3/b8-4+. The minimum absolute atomic E-state index is 0.483. The largest absolute Gasteiger partial charge is 0.496 e. The molecule has 0 aliphatic carbocycles. The lowest BCUT2D eigenvalue weighted by molar-refractivity contribution is 0.407. The molecule has 15 heavy (non-hydrogen) atoms. The van der Waals surface area contributed by atoms with Gasteiger partial charge in [-0.3, -0.25) is 0 Å². The number of hydrogen-bond donors (Lipinski definition) is 0. The summed E-state index contributed by atoms with van der Waals surface area (Å²) in [6.45, 7) is 4.28. The maximum atomic E-state index is 5.39. The summed E-state index contributed by atoms with van der Waals surface area (Å²) < 4.78 is 5.39. The van der Waals surface area contributed by atoms with E-state index < -0.39 is 0 Å². The topological polar surface area (TPSA) is 9.23 Å².